The van der Waals surface area contributed by atoms with Crippen LogP contribution >= 0.6 is 0 Å². The fourth-order valence-corrected chi connectivity index (χ4v) is 3.26. The standard InChI is InChI=1S/C26H25N3O3/c1-32-21-6-4-5-19(16-21)22(26(31)28-20-13-14-20)15-17-9-11-18(12-10-17)25(30)29-24-8-3-2-7-23(24)27/h2-12,15-16,20H,13-14,27H2,1H3,(H,28,31)(H,29,30). The Morgan fingerprint density at radius 2 is 1.72 bits per heavy atom. The number of hydrogen-bond acceptors (Lipinski definition) is 4. The highest BCUT2D eigenvalue weighted by Crippen LogP contribution is 2.26. The molecule has 1 saturated carbocycles. The zero-order chi connectivity index (χ0) is 22.5. The lowest BCUT2D eigenvalue weighted by atomic mass is 10.0. The van der Waals surface area contributed by atoms with Gasteiger partial charge in [-0.1, -0.05) is 36.4 Å². The molecule has 6 heteroatoms. The average Bonchev–Trinajstić information content (AvgIpc) is 3.63. The second kappa shape index (κ2) is 9.39. The highest BCUT2D eigenvalue weighted by atomic mass is 16.5. The van der Waals surface area contributed by atoms with E-state index in [9.17, 15) is 9.59 Å². The number of benzene rings is 3. The summed E-state index contributed by atoms with van der Waals surface area (Å²) < 4.78 is 5.32. The fourth-order valence-electron chi connectivity index (χ4n) is 3.26. The van der Waals surface area contributed by atoms with E-state index in [1.165, 1.54) is 0 Å². The van der Waals surface area contributed by atoms with Crippen LogP contribution in [-0.4, -0.2) is 25.0 Å². The third kappa shape index (κ3) is 5.16. The van der Waals surface area contributed by atoms with Crippen molar-refractivity contribution in [3.63, 3.8) is 0 Å². The molecule has 1 fully saturated rings. The van der Waals surface area contributed by atoms with Gasteiger partial charge in [0.05, 0.1) is 18.5 Å². The van der Waals surface area contributed by atoms with Crippen LogP contribution in [0.1, 0.15) is 34.3 Å². The number of amides is 2. The largest absolute Gasteiger partial charge is 0.497 e. The Kier molecular flexibility index (Phi) is 6.22. The van der Waals surface area contributed by atoms with E-state index < -0.39 is 0 Å². The quantitative estimate of drug-likeness (QED) is 0.297. The van der Waals surface area contributed by atoms with Crippen LogP contribution in [0.4, 0.5) is 11.4 Å². The first-order chi connectivity index (χ1) is 15.5. The number of ether oxygens (including phenoxy) is 1. The summed E-state index contributed by atoms with van der Waals surface area (Å²) in [5.74, 6) is 0.305. The highest BCUT2D eigenvalue weighted by molar-refractivity contribution is 6.24. The number of nitrogens with one attached hydrogen (secondary N) is 2. The van der Waals surface area contributed by atoms with E-state index in [1.54, 1.807) is 31.4 Å². The van der Waals surface area contributed by atoms with Crippen molar-refractivity contribution in [3.05, 3.63) is 89.5 Å². The molecule has 2 amide bonds. The normalized spacial score (nSPS) is 13.3. The van der Waals surface area contributed by atoms with E-state index in [4.69, 9.17) is 10.5 Å². The molecule has 4 N–H and O–H groups in total. The molecule has 32 heavy (non-hydrogen) atoms. The van der Waals surface area contributed by atoms with Crippen molar-refractivity contribution in [1.29, 1.82) is 0 Å². The van der Waals surface area contributed by atoms with Crippen LogP contribution in [0.25, 0.3) is 11.6 Å². The number of carbonyl (C=O) groups excluding carboxylic acids is 2. The van der Waals surface area contributed by atoms with Gasteiger partial charge < -0.3 is 21.1 Å². The summed E-state index contributed by atoms with van der Waals surface area (Å²) in [5, 5.41) is 5.86. The van der Waals surface area contributed by atoms with Crippen molar-refractivity contribution >= 4 is 34.8 Å². The van der Waals surface area contributed by atoms with Crippen LogP contribution in [0, 0.1) is 0 Å². The molecule has 0 aliphatic heterocycles. The van der Waals surface area contributed by atoms with Crippen molar-refractivity contribution in [2.45, 2.75) is 18.9 Å². The van der Waals surface area contributed by atoms with Crippen LogP contribution in [0.15, 0.2) is 72.8 Å². The van der Waals surface area contributed by atoms with Crippen LogP contribution in [0.3, 0.4) is 0 Å². The number of carbonyl (C=O) groups is 2. The fraction of sp³-hybridized carbons (Fsp3) is 0.154. The van der Waals surface area contributed by atoms with E-state index in [1.807, 2.05) is 54.6 Å². The molecule has 1 aliphatic rings. The number of rotatable bonds is 7. The first-order valence-electron chi connectivity index (χ1n) is 10.5. The third-order valence-corrected chi connectivity index (χ3v) is 5.23. The topological polar surface area (TPSA) is 93.4 Å². The summed E-state index contributed by atoms with van der Waals surface area (Å²) >= 11 is 0. The molecule has 0 radical (unpaired) electrons. The van der Waals surface area contributed by atoms with Crippen molar-refractivity contribution in [1.82, 2.24) is 5.32 Å². The van der Waals surface area contributed by atoms with Crippen molar-refractivity contribution < 1.29 is 14.3 Å². The van der Waals surface area contributed by atoms with Crippen LogP contribution in [-0.2, 0) is 4.79 Å². The summed E-state index contributed by atoms with van der Waals surface area (Å²) in [5.41, 5.74) is 9.59. The van der Waals surface area contributed by atoms with Gasteiger partial charge in [-0.25, -0.2) is 0 Å². The Labute approximate surface area is 187 Å². The molecule has 3 aromatic rings. The van der Waals surface area contributed by atoms with Gasteiger partial charge in [0, 0.05) is 17.2 Å². The Morgan fingerprint density at radius 1 is 0.969 bits per heavy atom. The van der Waals surface area contributed by atoms with Gasteiger partial charge in [0.15, 0.2) is 0 Å². The summed E-state index contributed by atoms with van der Waals surface area (Å²) in [7, 11) is 1.60. The maximum absolute atomic E-state index is 12.9. The number of anilines is 2. The van der Waals surface area contributed by atoms with Gasteiger partial charge in [0.1, 0.15) is 5.75 Å². The monoisotopic (exact) mass is 427 g/mol. The minimum absolute atomic E-state index is 0.123. The van der Waals surface area contributed by atoms with E-state index in [2.05, 4.69) is 10.6 Å². The van der Waals surface area contributed by atoms with Gasteiger partial charge in [0.25, 0.3) is 11.8 Å². The highest BCUT2D eigenvalue weighted by Gasteiger charge is 2.25. The van der Waals surface area contributed by atoms with Crippen molar-refractivity contribution in [2.75, 3.05) is 18.2 Å². The van der Waals surface area contributed by atoms with Gasteiger partial charge in [-0.05, 0) is 66.4 Å². The first kappa shape index (κ1) is 21.2. The molecule has 0 bridgehead atoms. The molecular formula is C26H25N3O3. The number of para-hydroxylation sites is 2. The minimum atomic E-state index is -0.252. The predicted molar refractivity (Wildman–Crippen MR) is 127 cm³/mol. The molecule has 0 atom stereocenters. The smallest absolute Gasteiger partial charge is 0.255 e. The van der Waals surface area contributed by atoms with Crippen LogP contribution in [0.2, 0.25) is 0 Å². The predicted octanol–water partition coefficient (Wildman–Crippen LogP) is 4.35. The Morgan fingerprint density at radius 3 is 2.41 bits per heavy atom. The van der Waals surface area contributed by atoms with Gasteiger partial charge in [-0.2, -0.15) is 0 Å². The molecule has 0 heterocycles. The SMILES string of the molecule is COc1cccc(C(=Cc2ccc(C(=O)Nc3ccccc3N)cc2)C(=O)NC2CC2)c1. The minimum Gasteiger partial charge on any atom is -0.497 e. The van der Waals surface area contributed by atoms with E-state index in [0.717, 1.165) is 24.0 Å². The summed E-state index contributed by atoms with van der Waals surface area (Å²) in [6.45, 7) is 0. The molecule has 6 nitrogen and oxygen atoms in total. The van der Waals surface area contributed by atoms with Gasteiger partial charge in [-0.3, -0.25) is 9.59 Å². The maximum atomic E-state index is 12.9. The molecule has 0 spiro atoms. The lowest BCUT2D eigenvalue weighted by molar-refractivity contribution is -0.115. The van der Waals surface area contributed by atoms with E-state index in [0.29, 0.717) is 28.3 Å². The van der Waals surface area contributed by atoms with Gasteiger partial charge >= 0.3 is 0 Å². The summed E-state index contributed by atoms with van der Waals surface area (Å²) in [4.78, 5) is 25.5. The van der Waals surface area contributed by atoms with Crippen molar-refractivity contribution in [2.24, 2.45) is 0 Å². The van der Waals surface area contributed by atoms with E-state index >= 15 is 0 Å². The number of hydrogen-bond donors (Lipinski definition) is 3. The maximum Gasteiger partial charge on any atom is 0.255 e. The third-order valence-electron chi connectivity index (χ3n) is 5.23. The lowest BCUT2D eigenvalue weighted by Crippen LogP contribution is -2.26. The van der Waals surface area contributed by atoms with Crippen molar-refractivity contribution in [3.8, 4) is 5.75 Å². The summed E-state index contributed by atoms with van der Waals surface area (Å²) in [6, 6.07) is 21.8. The number of methoxy groups -OCH3 is 1. The lowest BCUT2D eigenvalue weighted by Gasteiger charge is -2.11. The number of nitrogen functional groups attached to an aromatic ring is 1. The second-order valence-corrected chi connectivity index (χ2v) is 7.70. The van der Waals surface area contributed by atoms with E-state index in [-0.39, 0.29) is 17.9 Å². The second-order valence-electron chi connectivity index (χ2n) is 7.70. The Hall–Kier alpha value is -4.06. The molecule has 0 aromatic heterocycles. The molecule has 0 saturated heterocycles. The van der Waals surface area contributed by atoms with Crippen LogP contribution < -0.4 is 21.1 Å². The van der Waals surface area contributed by atoms with Gasteiger partial charge in [-0.15, -0.1) is 0 Å². The first-order valence-corrected chi connectivity index (χ1v) is 10.5. The zero-order valence-electron chi connectivity index (χ0n) is 17.8. The molecule has 162 valence electrons. The van der Waals surface area contributed by atoms with Gasteiger partial charge in [0.2, 0.25) is 0 Å². The number of nitrogens with two attached hydrogens (primary N) is 1. The Bertz CT molecular complexity index is 1160. The zero-order valence-corrected chi connectivity index (χ0v) is 17.8. The molecule has 0 unspecified atom stereocenters. The summed E-state index contributed by atoms with van der Waals surface area (Å²) in [6.07, 6.45) is 3.84. The molecular weight excluding hydrogens is 402 g/mol. The Balaban J connectivity index is 1.58. The molecule has 4 rings (SSSR count). The molecule has 1 aliphatic carbocycles. The average molecular weight is 428 g/mol. The molecule has 3 aromatic carbocycles. The van der Waals surface area contributed by atoms with Crippen LogP contribution in [0.5, 0.6) is 5.75 Å².